The van der Waals surface area contributed by atoms with Gasteiger partial charge in [0.25, 0.3) is 0 Å². The molecule has 1 N–H and O–H groups in total. The molecule has 0 radical (unpaired) electrons. The molecule has 0 aromatic carbocycles. The zero-order valence-electron chi connectivity index (χ0n) is 12.3. The first-order valence-electron chi connectivity index (χ1n) is 8.29. The van der Waals surface area contributed by atoms with Gasteiger partial charge in [0.2, 0.25) is 0 Å². The minimum atomic E-state index is 0.459. The highest BCUT2D eigenvalue weighted by atomic mass is 15.3. The molecule has 0 bridgehead atoms. The molecule has 3 rings (SSSR count). The van der Waals surface area contributed by atoms with Crippen molar-refractivity contribution in [2.45, 2.75) is 82.8 Å². The lowest BCUT2D eigenvalue weighted by atomic mass is 9.84. The molecule has 1 saturated heterocycles. The number of hydrogen-bond donors (Lipinski definition) is 1. The molecule has 0 aromatic rings. The third-order valence-corrected chi connectivity index (χ3v) is 5.97. The van der Waals surface area contributed by atoms with E-state index in [9.17, 15) is 0 Å². The fraction of sp³-hybridized carbons (Fsp3) is 1.00. The lowest BCUT2D eigenvalue weighted by Gasteiger charge is -2.52. The van der Waals surface area contributed by atoms with E-state index in [0.29, 0.717) is 5.54 Å². The normalized spacial score (nSPS) is 34.0. The average Bonchev–Trinajstić information content (AvgIpc) is 3.13. The molecular formula is C16H30N2. The molecule has 0 aromatic heterocycles. The second-order valence-corrected chi connectivity index (χ2v) is 6.85. The van der Waals surface area contributed by atoms with Crippen LogP contribution in [0.3, 0.4) is 0 Å². The van der Waals surface area contributed by atoms with Crippen LogP contribution in [0.1, 0.15) is 65.2 Å². The van der Waals surface area contributed by atoms with Gasteiger partial charge >= 0.3 is 0 Å². The van der Waals surface area contributed by atoms with E-state index in [1.165, 1.54) is 64.5 Å². The van der Waals surface area contributed by atoms with Gasteiger partial charge in [-0.2, -0.15) is 0 Å². The van der Waals surface area contributed by atoms with Crippen molar-refractivity contribution in [2.24, 2.45) is 5.92 Å². The number of rotatable bonds is 4. The summed E-state index contributed by atoms with van der Waals surface area (Å²) < 4.78 is 0. The van der Waals surface area contributed by atoms with Crippen LogP contribution in [-0.2, 0) is 0 Å². The second kappa shape index (κ2) is 5.13. The highest BCUT2D eigenvalue weighted by molar-refractivity contribution is 5.03. The Labute approximate surface area is 113 Å². The van der Waals surface area contributed by atoms with Gasteiger partial charge in [-0.05, 0) is 44.4 Å². The van der Waals surface area contributed by atoms with Crippen molar-refractivity contribution in [3.05, 3.63) is 0 Å². The van der Waals surface area contributed by atoms with Gasteiger partial charge in [0.1, 0.15) is 0 Å². The first-order valence-corrected chi connectivity index (χ1v) is 8.29. The summed E-state index contributed by atoms with van der Waals surface area (Å²) in [6.45, 7) is 7.35. The van der Waals surface area contributed by atoms with Gasteiger partial charge in [0.05, 0.1) is 0 Å². The smallest absolute Gasteiger partial charge is 0.0332 e. The second-order valence-electron chi connectivity index (χ2n) is 6.85. The van der Waals surface area contributed by atoms with Gasteiger partial charge in [-0.25, -0.2) is 0 Å². The third-order valence-electron chi connectivity index (χ3n) is 5.97. The summed E-state index contributed by atoms with van der Waals surface area (Å²) in [6, 6.07) is 1.70. The summed E-state index contributed by atoms with van der Waals surface area (Å²) in [7, 11) is 0. The standard InChI is InChI=1S/C16H30N2/c1-3-16(4-2)12-17-15(13-9-10-13)11-18(16)14-7-5-6-8-14/h13-15,17H,3-12H2,1-2H3. The molecule has 1 heterocycles. The summed E-state index contributed by atoms with van der Waals surface area (Å²) >= 11 is 0. The quantitative estimate of drug-likeness (QED) is 0.824. The van der Waals surface area contributed by atoms with Crippen LogP contribution in [0, 0.1) is 5.92 Å². The summed E-state index contributed by atoms with van der Waals surface area (Å²) in [5, 5.41) is 3.89. The lowest BCUT2D eigenvalue weighted by Crippen LogP contribution is -2.66. The zero-order chi connectivity index (χ0) is 12.6. The summed E-state index contributed by atoms with van der Waals surface area (Å²) in [4.78, 5) is 2.94. The van der Waals surface area contributed by atoms with Crippen molar-refractivity contribution in [1.29, 1.82) is 0 Å². The van der Waals surface area contributed by atoms with Gasteiger partial charge in [-0.1, -0.05) is 26.7 Å². The molecule has 2 heteroatoms. The van der Waals surface area contributed by atoms with Crippen molar-refractivity contribution in [1.82, 2.24) is 10.2 Å². The van der Waals surface area contributed by atoms with Crippen LogP contribution in [0.4, 0.5) is 0 Å². The molecule has 1 unspecified atom stereocenters. The highest BCUT2D eigenvalue weighted by Gasteiger charge is 2.45. The Hall–Kier alpha value is -0.0800. The van der Waals surface area contributed by atoms with Crippen molar-refractivity contribution in [2.75, 3.05) is 13.1 Å². The molecular weight excluding hydrogens is 220 g/mol. The maximum Gasteiger partial charge on any atom is 0.0332 e. The molecule has 1 aliphatic heterocycles. The molecule has 2 aliphatic carbocycles. The predicted molar refractivity (Wildman–Crippen MR) is 76.8 cm³/mol. The van der Waals surface area contributed by atoms with E-state index < -0.39 is 0 Å². The van der Waals surface area contributed by atoms with E-state index >= 15 is 0 Å². The van der Waals surface area contributed by atoms with Crippen LogP contribution in [0.2, 0.25) is 0 Å². The zero-order valence-corrected chi connectivity index (χ0v) is 12.3. The molecule has 0 spiro atoms. The van der Waals surface area contributed by atoms with Crippen LogP contribution in [0.5, 0.6) is 0 Å². The minimum absolute atomic E-state index is 0.459. The number of piperazine rings is 1. The van der Waals surface area contributed by atoms with Gasteiger partial charge in [-0.15, -0.1) is 0 Å². The maximum absolute atomic E-state index is 3.89. The van der Waals surface area contributed by atoms with E-state index in [-0.39, 0.29) is 0 Å². The van der Waals surface area contributed by atoms with Crippen LogP contribution >= 0.6 is 0 Å². The molecule has 1 atom stereocenters. The number of nitrogens with zero attached hydrogens (tertiary/aromatic N) is 1. The molecule has 2 saturated carbocycles. The van der Waals surface area contributed by atoms with Gasteiger partial charge in [0.15, 0.2) is 0 Å². The first kappa shape index (κ1) is 12.9. The van der Waals surface area contributed by atoms with Gasteiger partial charge < -0.3 is 5.32 Å². The summed E-state index contributed by atoms with van der Waals surface area (Å²) in [5.74, 6) is 1.00. The average molecular weight is 250 g/mol. The summed E-state index contributed by atoms with van der Waals surface area (Å²) in [5.41, 5.74) is 0.459. The fourth-order valence-electron chi connectivity index (χ4n) is 4.37. The lowest BCUT2D eigenvalue weighted by molar-refractivity contribution is -0.00649. The molecule has 2 nitrogen and oxygen atoms in total. The predicted octanol–water partition coefficient (Wildman–Crippen LogP) is 3.17. The van der Waals surface area contributed by atoms with Crippen molar-refractivity contribution in [3.63, 3.8) is 0 Å². The number of hydrogen-bond acceptors (Lipinski definition) is 2. The molecule has 3 fully saturated rings. The van der Waals surface area contributed by atoms with E-state index in [2.05, 4.69) is 24.1 Å². The largest absolute Gasteiger partial charge is 0.311 e. The third kappa shape index (κ3) is 2.22. The maximum atomic E-state index is 3.89. The molecule has 3 aliphatic rings. The van der Waals surface area contributed by atoms with Gasteiger partial charge in [0, 0.05) is 30.7 Å². The highest BCUT2D eigenvalue weighted by Crippen LogP contribution is 2.40. The fourth-order valence-corrected chi connectivity index (χ4v) is 4.37. The van der Waals surface area contributed by atoms with E-state index in [0.717, 1.165) is 18.0 Å². The van der Waals surface area contributed by atoms with Crippen LogP contribution in [0.25, 0.3) is 0 Å². The SMILES string of the molecule is CCC1(CC)CNC(C2CC2)CN1C1CCCC1. The molecule has 18 heavy (non-hydrogen) atoms. The van der Waals surface area contributed by atoms with Crippen LogP contribution in [0.15, 0.2) is 0 Å². The van der Waals surface area contributed by atoms with Gasteiger partial charge in [-0.3, -0.25) is 4.90 Å². The first-order chi connectivity index (χ1) is 8.79. The Morgan fingerprint density at radius 1 is 1.06 bits per heavy atom. The Bertz CT molecular complexity index is 275. The Morgan fingerprint density at radius 2 is 1.72 bits per heavy atom. The molecule has 0 amide bonds. The van der Waals surface area contributed by atoms with E-state index in [4.69, 9.17) is 0 Å². The van der Waals surface area contributed by atoms with Crippen molar-refractivity contribution < 1.29 is 0 Å². The topological polar surface area (TPSA) is 15.3 Å². The van der Waals surface area contributed by atoms with Crippen LogP contribution in [-0.4, -0.2) is 35.6 Å². The van der Waals surface area contributed by atoms with E-state index in [1.54, 1.807) is 0 Å². The number of nitrogens with one attached hydrogen (secondary N) is 1. The summed E-state index contributed by atoms with van der Waals surface area (Å²) in [6.07, 6.45) is 11.4. The monoisotopic (exact) mass is 250 g/mol. The van der Waals surface area contributed by atoms with E-state index in [1.807, 2.05) is 0 Å². The van der Waals surface area contributed by atoms with Crippen molar-refractivity contribution in [3.8, 4) is 0 Å². The van der Waals surface area contributed by atoms with Crippen LogP contribution < -0.4 is 5.32 Å². The minimum Gasteiger partial charge on any atom is -0.311 e. The Kier molecular flexibility index (Phi) is 3.68. The molecule has 104 valence electrons. The Morgan fingerprint density at radius 3 is 2.28 bits per heavy atom. The van der Waals surface area contributed by atoms with Crippen molar-refractivity contribution >= 4 is 0 Å². The Balaban J connectivity index is 1.76.